The fraction of sp³-hybridized carbons (Fsp3) is 0.500. The molecule has 0 aliphatic heterocycles. The van der Waals surface area contributed by atoms with Gasteiger partial charge in [0.1, 0.15) is 5.60 Å². The lowest BCUT2D eigenvalue weighted by Gasteiger charge is -2.65. The predicted molar refractivity (Wildman–Crippen MR) is 108 cm³/mol. The average Bonchev–Trinajstić information content (AvgIpc) is 2.65. The van der Waals surface area contributed by atoms with Crippen LogP contribution in [0.4, 0.5) is 0 Å². The molecule has 0 unspecified atom stereocenters. The van der Waals surface area contributed by atoms with Crippen molar-refractivity contribution in [1.29, 1.82) is 0 Å². The summed E-state index contributed by atoms with van der Waals surface area (Å²) in [6, 6.07) is 20.8. The maximum absolute atomic E-state index is 11.6. The van der Waals surface area contributed by atoms with Crippen molar-refractivity contribution in [3.8, 4) is 0 Å². The molecule has 27 heavy (non-hydrogen) atoms. The summed E-state index contributed by atoms with van der Waals surface area (Å²) in [5.74, 6) is 0.697. The van der Waals surface area contributed by atoms with Gasteiger partial charge in [0.15, 0.2) is 0 Å². The second-order valence-corrected chi connectivity index (χ2v) is 9.17. The van der Waals surface area contributed by atoms with Crippen LogP contribution < -0.4 is 0 Å². The summed E-state index contributed by atoms with van der Waals surface area (Å²) in [6.45, 7) is 6.53. The summed E-state index contributed by atoms with van der Waals surface area (Å²) in [4.78, 5) is 2.29. The van der Waals surface area contributed by atoms with E-state index in [-0.39, 0.29) is 11.3 Å². The van der Waals surface area contributed by atoms with Crippen molar-refractivity contribution in [2.75, 3.05) is 6.54 Å². The topological polar surface area (TPSA) is 43.7 Å². The van der Waals surface area contributed by atoms with Gasteiger partial charge in [0.2, 0.25) is 0 Å². The Bertz CT molecular complexity index is 719. The molecule has 0 heterocycles. The fourth-order valence-electron chi connectivity index (χ4n) is 5.39. The Morgan fingerprint density at radius 2 is 1.41 bits per heavy atom. The highest BCUT2D eigenvalue weighted by atomic mass is 16.3. The maximum Gasteiger partial charge on any atom is 0.106 e. The Morgan fingerprint density at radius 1 is 0.889 bits per heavy atom. The van der Waals surface area contributed by atoms with Gasteiger partial charge in [0.05, 0.1) is 6.10 Å². The molecule has 3 aliphatic carbocycles. The Balaban J connectivity index is 1.58. The SMILES string of the molecule is CC1(C)[C@@H]2C[C@H]1[C@](O)(CN(Cc1ccccc1)Cc1ccccc1)[C@@H](O)C2. The van der Waals surface area contributed by atoms with Crippen molar-refractivity contribution in [2.24, 2.45) is 17.3 Å². The van der Waals surface area contributed by atoms with Crippen molar-refractivity contribution in [1.82, 2.24) is 4.90 Å². The smallest absolute Gasteiger partial charge is 0.106 e. The highest BCUT2D eigenvalue weighted by Crippen LogP contribution is 2.62. The molecule has 0 aromatic heterocycles. The zero-order chi connectivity index (χ0) is 19.1. The van der Waals surface area contributed by atoms with Crippen LogP contribution in [0.15, 0.2) is 60.7 Å². The first-order valence-electron chi connectivity index (χ1n) is 10.1. The Labute approximate surface area is 162 Å². The van der Waals surface area contributed by atoms with Gasteiger partial charge in [-0.15, -0.1) is 0 Å². The molecular formula is C24H31NO2. The first kappa shape index (κ1) is 18.7. The average molecular weight is 366 g/mol. The van der Waals surface area contributed by atoms with E-state index in [1.54, 1.807) is 0 Å². The van der Waals surface area contributed by atoms with Crippen LogP contribution in [0.5, 0.6) is 0 Å². The van der Waals surface area contributed by atoms with E-state index < -0.39 is 11.7 Å². The standard InChI is InChI=1S/C24H31NO2/c1-23(2)20-13-21(23)24(27,22(26)14-20)17-25(15-18-9-5-3-6-10-18)16-19-11-7-4-8-12-19/h3-12,20-22,26-27H,13-17H2,1-2H3/t20-,21-,22+,24-/m1/s1. The van der Waals surface area contributed by atoms with Gasteiger partial charge < -0.3 is 10.2 Å². The summed E-state index contributed by atoms with van der Waals surface area (Å²) < 4.78 is 0. The number of nitrogens with zero attached hydrogens (tertiary/aromatic N) is 1. The van der Waals surface area contributed by atoms with Crippen molar-refractivity contribution >= 4 is 0 Å². The minimum Gasteiger partial charge on any atom is -0.390 e. The second-order valence-electron chi connectivity index (χ2n) is 9.17. The summed E-state index contributed by atoms with van der Waals surface area (Å²) in [5.41, 5.74) is 1.53. The molecule has 2 bridgehead atoms. The molecular weight excluding hydrogens is 334 g/mol. The predicted octanol–water partition coefficient (Wildman–Crippen LogP) is 3.85. The Morgan fingerprint density at radius 3 is 1.89 bits per heavy atom. The molecule has 3 fully saturated rings. The minimum atomic E-state index is -1.04. The second kappa shape index (κ2) is 7.05. The molecule has 0 amide bonds. The highest BCUT2D eigenvalue weighted by Gasteiger charge is 2.64. The van der Waals surface area contributed by atoms with E-state index >= 15 is 0 Å². The molecule has 144 valence electrons. The normalized spacial score (nSPS) is 31.5. The van der Waals surface area contributed by atoms with Gasteiger partial charge >= 0.3 is 0 Å². The lowest BCUT2D eigenvalue weighted by molar-refractivity contribution is -0.259. The number of benzene rings is 2. The van der Waals surface area contributed by atoms with Gasteiger partial charge in [-0.1, -0.05) is 74.5 Å². The molecule has 2 aromatic carbocycles. The van der Waals surface area contributed by atoms with Gasteiger partial charge in [0, 0.05) is 19.6 Å². The molecule has 4 atom stereocenters. The van der Waals surface area contributed by atoms with Crippen LogP contribution in [-0.4, -0.2) is 33.4 Å². The number of rotatable bonds is 6. The zero-order valence-corrected chi connectivity index (χ0v) is 16.4. The van der Waals surface area contributed by atoms with Crippen molar-refractivity contribution in [3.05, 3.63) is 71.8 Å². The summed E-state index contributed by atoms with van der Waals surface area (Å²) in [6.07, 6.45) is 1.11. The Kier molecular flexibility index (Phi) is 4.87. The molecule has 5 rings (SSSR count). The molecule has 3 nitrogen and oxygen atoms in total. The molecule has 2 N–H and O–H groups in total. The van der Waals surface area contributed by atoms with Crippen LogP contribution in [0.3, 0.4) is 0 Å². The number of hydrogen-bond donors (Lipinski definition) is 2. The third-order valence-electron chi connectivity index (χ3n) is 7.13. The van der Waals surface area contributed by atoms with Crippen LogP contribution in [-0.2, 0) is 13.1 Å². The van der Waals surface area contributed by atoms with Crippen LogP contribution in [0.2, 0.25) is 0 Å². The molecule has 3 saturated carbocycles. The van der Waals surface area contributed by atoms with E-state index in [1.165, 1.54) is 11.1 Å². The number of aliphatic hydroxyl groups is 2. The van der Waals surface area contributed by atoms with E-state index in [4.69, 9.17) is 0 Å². The van der Waals surface area contributed by atoms with E-state index in [1.807, 2.05) is 12.1 Å². The van der Waals surface area contributed by atoms with E-state index in [0.29, 0.717) is 18.9 Å². The molecule has 2 aromatic rings. The number of hydrogen-bond acceptors (Lipinski definition) is 3. The third-order valence-corrected chi connectivity index (χ3v) is 7.13. The molecule has 3 aliphatic rings. The van der Waals surface area contributed by atoms with Crippen LogP contribution in [0.1, 0.15) is 37.8 Å². The quantitative estimate of drug-likeness (QED) is 0.817. The van der Waals surface area contributed by atoms with Gasteiger partial charge in [-0.3, -0.25) is 4.90 Å². The summed E-state index contributed by atoms with van der Waals surface area (Å²) >= 11 is 0. The van der Waals surface area contributed by atoms with Crippen LogP contribution >= 0.6 is 0 Å². The molecule has 3 heteroatoms. The number of fused-ring (bicyclic) bond motifs is 2. The monoisotopic (exact) mass is 365 g/mol. The molecule has 0 saturated heterocycles. The summed E-state index contributed by atoms with van der Waals surface area (Å²) in [5, 5.41) is 22.4. The van der Waals surface area contributed by atoms with E-state index in [9.17, 15) is 10.2 Å². The first-order valence-corrected chi connectivity index (χ1v) is 10.1. The first-order chi connectivity index (χ1) is 12.9. The van der Waals surface area contributed by atoms with Gasteiger partial charge in [0.25, 0.3) is 0 Å². The number of aliphatic hydroxyl groups excluding tert-OH is 1. The van der Waals surface area contributed by atoms with Crippen LogP contribution in [0, 0.1) is 17.3 Å². The molecule has 0 spiro atoms. The fourth-order valence-corrected chi connectivity index (χ4v) is 5.39. The highest BCUT2D eigenvalue weighted by molar-refractivity contribution is 5.19. The van der Waals surface area contributed by atoms with E-state index in [0.717, 1.165) is 19.5 Å². The van der Waals surface area contributed by atoms with Crippen molar-refractivity contribution < 1.29 is 10.2 Å². The third kappa shape index (κ3) is 3.44. The lowest BCUT2D eigenvalue weighted by atomic mass is 9.43. The Hall–Kier alpha value is -1.68. The molecule has 0 radical (unpaired) electrons. The van der Waals surface area contributed by atoms with Crippen molar-refractivity contribution in [3.63, 3.8) is 0 Å². The lowest BCUT2D eigenvalue weighted by Crippen LogP contribution is -2.70. The van der Waals surface area contributed by atoms with Gasteiger partial charge in [-0.25, -0.2) is 0 Å². The largest absolute Gasteiger partial charge is 0.390 e. The summed E-state index contributed by atoms with van der Waals surface area (Å²) in [7, 11) is 0. The maximum atomic E-state index is 11.6. The van der Waals surface area contributed by atoms with Crippen molar-refractivity contribution in [2.45, 2.75) is 51.5 Å². The van der Waals surface area contributed by atoms with Gasteiger partial charge in [-0.2, -0.15) is 0 Å². The van der Waals surface area contributed by atoms with E-state index in [2.05, 4.69) is 67.3 Å². The van der Waals surface area contributed by atoms with Crippen LogP contribution in [0.25, 0.3) is 0 Å². The minimum absolute atomic E-state index is 0.110. The zero-order valence-electron chi connectivity index (χ0n) is 16.4. The van der Waals surface area contributed by atoms with Gasteiger partial charge in [-0.05, 0) is 41.2 Å².